The number of hydrogen-bond acceptors (Lipinski definition) is 4. The average Bonchev–Trinajstić information content (AvgIpc) is 2.85. The standard InChI is InChI=1S/C15H28N4O/c1-10-13(14(20-5)19(4)18-10)12(9-16)17-11-6-7-15(2,3)8-11/h11-12,17H,6-9,16H2,1-5H3. The van der Waals surface area contributed by atoms with Crippen molar-refractivity contribution in [3.63, 3.8) is 0 Å². The zero-order valence-electron chi connectivity index (χ0n) is 13.4. The summed E-state index contributed by atoms with van der Waals surface area (Å²) in [5.41, 5.74) is 8.52. The van der Waals surface area contributed by atoms with Gasteiger partial charge in [0.15, 0.2) is 0 Å². The molecule has 1 aliphatic carbocycles. The van der Waals surface area contributed by atoms with Gasteiger partial charge in [0.25, 0.3) is 0 Å². The van der Waals surface area contributed by atoms with Gasteiger partial charge < -0.3 is 15.8 Å². The largest absolute Gasteiger partial charge is 0.481 e. The van der Waals surface area contributed by atoms with Crippen LogP contribution in [0.4, 0.5) is 0 Å². The summed E-state index contributed by atoms with van der Waals surface area (Å²) in [6.45, 7) is 7.24. The molecule has 5 heteroatoms. The molecule has 1 fully saturated rings. The first-order valence-corrected chi connectivity index (χ1v) is 7.41. The van der Waals surface area contributed by atoms with Crippen molar-refractivity contribution in [3.8, 4) is 5.88 Å². The van der Waals surface area contributed by atoms with Gasteiger partial charge in [0, 0.05) is 19.6 Å². The van der Waals surface area contributed by atoms with Crippen LogP contribution >= 0.6 is 0 Å². The lowest BCUT2D eigenvalue weighted by Crippen LogP contribution is -2.36. The molecule has 0 spiro atoms. The third kappa shape index (κ3) is 2.99. The van der Waals surface area contributed by atoms with Gasteiger partial charge in [0.2, 0.25) is 5.88 Å². The summed E-state index contributed by atoms with van der Waals surface area (Å²) < 4.78 is 7.28. The second-order valence-electron chi connectivity index (χ2n) is 6.69. The highest BCUT2D eigenvalue weighted by molar-refractivity contribution is 5.34. The van der Waals surface area contributed by atoms with Crippen LogP contribution < -0.4 is 15.8 Å². The van der Waals surface area contributed by atoms with Crippen LogP contribution in [0.25, 0.3) is 0 Å². The number of aromatic nitrogens is 2. The molecule has 1 aromatic heterocycles. The fraction of sp³-hybridized carbons (Fsp3) is 0.800. The SMILES string of the molecule is COc1c(C(CN)NC2CCC(C)(C)C2)c(C)nn1C. The van der Waals surface area contributed by atoms with E-state index in [0.29, 0.717) is 18.0 Å². The molecule has 2 atom stereocenters. The van der Waals surface area contributed by atoms with Crippen LogP contribution in [-0.2, 0) is 7.05 Å². The van der Waals surface area contributed by atoms with Crippen molar-refractivity contribution in [1.82, 2.24) is 15.1 Å². The maximum atomic E-state index is 6.00. The smallest absolute Gasteiger partial charge is 0.216 e. The van der Waals surface area contributed by atoms with E-state index >= 15 is 0 Å². The van der Waals surface area contributed by atoms with Crippen molar-refractivity contribution in [2.45, 2.75) is 52.1 Å². The molecule has 114 valence electrons. The maximum absolute atomic E-state index is 6.00. The van der Waals surface area contributed by atoms with Gasteiger partial charge in [-0.3, -0.25) is 0 Å². The van der Waals surface area contributed by atoms with Crippen LogP contribution in [0, 0.1) is 12.3 Å². The van der Waals surface area contributed by atoms with E-state index in [0.717, 1.165) is 17.1 Å². The van der Waals surface area contributed by atoms with Crippen molar-refractivity contribution in [2.24, 2.45) is 18.2 Å². The molecule has 0 aliphatic heterocycles. The van der Waals surface area contributed by atoms with Gasteiger partial charge in [-0.05, 0) is 31.6 Å². The molecule has 1 aliphatic rings. The number of nitrogens with zero attached hydrogens (tertiary/aromatic N) is 2. The third-order valence-electron chi connectivity index (χ3n) is 4.40. The lowest BCUT2D eigenvalue weighted by atomic mass is 9.91. The van der Waals surface area contributed by atoms with Gasteiger partial charge in [0.1, 0.15) is 0 Å². The summed E-state index contributed by atoms with van der Waals surface area (Å²) in [6.07, 6.45) is 3.68. The number of rotatable bonds is 5. The minimum atomic E-state index is 0.109. The molecule has 0 saturated heterocycles. The normalized spacial score (nSPS) is 23.0. The molecule has 1 saturated carbocycles. The van der Waals surface area contributed by atoms with Crippen molar-refractivity contribution in [1.29, 1.82) is 0 Å². The Morgan fingerprint density at radius 3 is 2.75 bits per heavy atom. The van der Waals surface area contributed by atoms with E-state index in [1.807, 2.05) is 14.0 Å². The van der Waals surface area contributed by atoms with Gasteiger partial charge in [0.05, 0.1) is 24.4 Å². The Morgan fingerprint density at radius 1 is 1.55 bits per heavy atom. The van der Waals surface area contributed by atoms with Crippen molar-refractivity contribution < 1.29 is 4.74 Å². The Morgan fingerprint density at radius 2 is 2.25 bits per heavy atom. The van der Waals surface area contributed by atoms with E-state index < -0.39 is 0 Å². The highest BCUT2D eigenvalue weighted by atomic mass is 16.5. The van der Waals surface area contributed by atoms with Crippen molar-refractivity contribution >= 4 is 0 Å². The van der Waals surface area contributed by atoms with Crippen LogP contribution in [0.15, 0.2) is 0 Å². The van der Waals surface area contributed by atoms with Crippen molar-refractivity contribution in [2.75, 3.05) is 13.7 Å². The van der Waals surface area contributed by atoms with E-state index in [4.69, 9.17) is 10.5 Å². The number of nitrogens with one attached hydrogen (secondary N) is 1. The highest BCUT2D eigenvalue weighted by Gasteiger charge is 2.33. The molecule has 0 aromatic carbocycles. The van der Waals surface area contributed by atoms with Gasteiger partial charge >= 0.3 is 0 Å². The summed E-state index contributed by atoms with van der Waals surface area (Å²) in [4.78, 5) is 0. The molecule has 5 nitrogen and oxygen atoms in total. The van der Waals surface area contributed by atoms with Crippen LogP contribution in [0.3, 0.4) is 0 Å². The Hall–Kier alpha value is -1.07. The van der Waals surface area contributed by atoms with E-state index in [1.165, 1.54) is 19.3 Å². The maximum Gasteiger partial charge on any atom is 0.216 e. The second kappa shape index (κ2) is 5.74. The van der Waals surface area contributed by atoms with Gasteiger partial charge in [-0.25, -0.2) is 4.68 Å². The number of ether oxygens (including phenoxy) is 1. The summed E-state index contributed by atoms with van der Waals surface area (Å²) in [5, 5.41) is 8.16. The number of hydrogen-bond donors (Lipinski definition) is 2. The molecule has 0 radical (unpaired) electrons. The first-order chi connectivity index (χ1) is 9.38. The predicted molar refractivity (Wildman–Crippen MR) is 80.8 cm³/mol. The van der Waals surface area contributed by atoms with Crippen LogP contribution in [0.5, 0.6) is 5.88 Å². The first-order valence-electron chi connectivity index (χ1n) is 7.41. The van der Waals surface area contributed by atoms with Gasteiger partial charge in [-0.15, -0.1) is 0 Å². The van der Waals surface area contributed by atoms with Gasteiger partial charge in [-0.1, -0.05) is 13.8 Å². The zero-order chi connectivity index (χ0) is 14.9. The minimum Gasteiger partial charge on any atom is -0.481 e. The lowest BCUT2D eigenvalue weighted by Gasteiger charge is -2.24. The molecule has 1 aromatic rings. The van der Waals surface area contributed by atoms with E-state index in [-0.39, 0.29) is 6.04 Å². The molecule has 0 bridgehead atoms. The average molecular weight is 280 g/mol. The van der Waals surface area contributed by atoms with Crippen LogP contribution in [-0.4, -0.2) is 29.5 Å². The lowest BCUT2D eigenvalue weighted by molar-refractivity contribution is 0.342. The first kappa shape index (κ1) is 15.3. The highest BCUT2D eigenvalue weighted by Crippen LogP contribution is 2.38. The predicted octanol–water partition coefficient (Wildman–Crippen LogP) is 1.91. The van der Waals surface area contributed by atoms with Crippen LogP contribution in [0.2, 0.25) is 0 Å². The molecule has 0 amide bonds. The fourth-order valence-corrected chi connectivity index (χ4v) is 3.43. The Labute approximate surface area is 121 Å². The zero-order valence-corrected chi connectivity index (χ0v) is 13.4. The summed E-state index contributed by atoms with van der Waals surface area (Å²) >= 11 is 0. The molecule has 1 heterocycles. The third-order valence-corrected chi connectivity index (χ3v) is 4.40. The topological polar surface area (TPSA) is 65.1 Å². The molecular formula is C15H28N4O. The monoisotopic (exact) mass is 280 g/mol. The van der Waals surface area contributed by atoms with E-state index in [9.17, 15) is 0 Å². The Kier molecular flexibility index (Phi) is 4.39. The summed E-state index contributed by atoms with van der Waals surface area (Å²) in [5.74, 6) is 0.808. The number of aryl methyl sites for hydroxylation is 2. The molecule has 2 rings (SSSR count). The second-order valence-corrected chi connectivity index (χ2v) is 6.69. The molecular weight excluding hydrogens is 252 g/mol. The summed E-state index contributed by atoms with van der Waals surface area (Å²) in [6, 6.07) is 0.639. The van der Waals surface area contributed by atoms with E-state index in [2.05, 4.69) is 24.3 Å². The Balaban J connectivity index is 2.17. The Bertz CT molecular complexity index is 467. The fourth-order valence-electron chi connectivity index (χ4n) is 3.43. The molecule has 2 unspecified atom stereocenters. The molecule has 3 N–H and O–H groups in total. The number of nitrogens with two attached hydrogens (primary N) is 1. The quantitative estimate of drug-likeness (QED) is 0.864. The minimum absolute atomic E-state index is 0.109. The van der Waals surface area contributed by atoms with Crippen LogP contribution in [0.1, 0.15) is 50.4 Å². The van der Waals surface area contributed by atoms with Crippen molar-refractivity contribution in [3.05, 3.63) is 11.3 Å². The van der Waals surface area contributed by atoms with E-state index in [1.54, 1.807) is 11.8 Å². The number of methoxy groups -OCH3 is 1. The molecule has 20 heavy (non-hydrogen) atoms. The summed E-state index contributed by atoms with van der Waals surface area (Å²) in [7, 11) is 3.59. The van der Waals surface area contributed by atoms with Gasteiger partial charge in [-0.2, -0.15) is 5.10 Å².